The summed E-state index contributed by atoms with van der Waals surface area (Å²) in [4.78, 5) is 33.9. The maximum atomic E-state index is 14.7. The van der Waals surface area contributed by atoms with Crippen LogP contribution < -0.4 is 10.2 Å². The molecule has 2 aliphatic heterocycles. The number of aliphatic hydroxyl groups is 1. The molecular formula is C29H28ClF4N9O2. The number of likely N-dealkylation sites (tertiary alicyclic amines) is 1. The van der Waals surface area contributed by atoms with E-state index in [4.69, 9.17) is 11.6 Å². The van der Waals surface area contributed by atoms with Crippen LogP contribution in [-0.4, -0.2) is 90.1 Å². The van der Waals surface area contributed by atoms with Gasteiger partial charge in [0, 0.05) is 67.5 Å². The van der Waals surface area contributed by atoms with Gasteiger partial charge >= 0.3 is 0 Å². The number of alkyl halides is 3. The average molecular weight is 646 g/mol. The summed E-state index contributed by atoms with van der Waals surface area (Å²) in [5.41, 5.74) is -0.563. The molecule has 2 aliphatic rings. The van der Waals surface area contributed by atoms with Gasteiger partial charge in [-0.3, -0.25) is 19.4 Å². The fourth-order valence-corrected chi connectivity index (χ4v) is 5.58. The Morgan fingerprint density at radius 3 is 2.60 bits per heavy atom. The number of carbonyl (C=O) groups excluding carboxylic acids is 1. The van der Waals surface area contributed by atoms with Gasteiger partial charge in [0.25, 0.3) is 12.3 Å². The molecule has 16 heteroatoms. The molecule has 4 atom stereocenters. The molecule has 0 radical (unpaired) electrons. The van der Waals surface area contributed by atoms with Crippen molar-refractivity contribution in [1.82, 2.24) is 34.6 Å². The van der Waals surface area contributed by atoms with Crippen molar-refractivity contribution >= 4 is 29.1 Å². The number of β-amino-alcohol motifs (C(OH)–C–C–N with tert-alkyl or cyclic N) is 1. The van der Waals surface area contributed by atoms with Gasteiger partial charge in [-0.25, -0.2) is 32.5 Å². The lowest BCUT2D eigenvalue weighted by atomic mass is 10.0. The lowest BCUT2D eigenvalue weighted by Gasteiger charge is -2.42. The number of hydrogen-bond donors (Lipinski definition) is 2. The van der Waals surface area contributed by atoms with Crippen LogP contribution in [0.5, 0.6) is 0 Å². The quantitative estimate of drug-likeness (QED) is 0.256. The van der Waals surface area contributed by atoms with Gasteiger partial charge in [0.2, 0.25) is 5.95 Å². The summed E-state index contributed by atoms with van der Waals surface area (Å²) >= 11 is 5.81. The normalized spacial score (nSPS) is 20.8. The molecule has 1 amide bonds. The van der Waals surface area contributed by atoms with E-state index in [1.165, 1.54) is 6.20 Å². The first-order valence-corrected chi connectivity index (χ1v) is 14.5. The highest BCUT2D eigenvalue weighted by Crippen LogP contribution is 2.35. The molecule has 6 rings (SSSR count). The van der Waals surface area contributed by atoms with Crippen molar-refractivity contribution in [1.29, 1.82) is 0 Å². The summed E-state index contributed by atoms with van der Waals surface area (Å²) in [6, 6.07) is 1.87. The Bertz CT molecular complexity index is 1680. The van der Waals surface area contributed by atoms with Gasteiger partial charge in [-0.15, -0.1) is 0 Å². The number of nitrogens with one attached hydrogen (secondary N) is 1. The summed E-state index contributed by atoms with van der Waals surface area (Å²) in [5, 5.41) is 16.3. The van der Waals surface area contributed by atoms with E-state index in [0.717, 1.165) is 43.1 Å². The van der Waals surface area contributed by atoms with E-state index in [-0.39, 0.29) is 35.0 Å². The molecule has 236 valence electrons. The number of benzene rings is 1. The highest BCUT2D eigenvalue weighted by Gasteiger charge is 2.37. The van der Waals surface area contributed by atoms with Crippen LogP contribution in [0.4, 0.5) is 29.2 Å². The standard InChI is InChI=1S/C29H28ClF4N9O2/c1-15(16-6-36-29(37-7-16)42-5-4-18(42)12-41-13-21(31)24(44)14-41)43-11-17(8-38-43)39-28(45)23-10-35-9-22(40-23)25-19(27(33)34)2-3-20(30)26(25)32/h2-3,6-11,15,18,21,24,27,44H,4-5,12-14H2,1H3,(H,39,45)/t15?,18-,21+,24+/m0/s1. The van der Waals surface area contributed by atoms with Crippen LogP contribution in [0.2, 0.25) is 5.02 Å². The number of aliphatic hydroxyl groups excluding tert-OH is 1. The third kappa shape index (κ3) is 6.32. The molecular weight excluding hydrogens is 618 g/mol. The first kappa shape index (κ1) is 30.8. The van der Waals surface area contributed by atoms with Crippen LogP contribution in [0.15, 0.2) is 49.3 Å². The van der Waals surface area contributed by atoms with Gasteiger partial charge in [-0.1, -0.05) is 17.7 Å². The van der Waals surface area contributed by atoms with Crippen LogP contribution in [0.25, 0.3) is 11.3 Å². The minimum Gasteiger partial charge on any atom is -0.389 e. The van der Waals surface area contributed by atoms with E-state index in [0.29, 0.717) is 24.7 Å². The Hall–Kier alpha value is -4.21. The molecule has 3 aromatic heterocycles. The summed E-state index contributed by atoms with van der Waals surface area (Å²) in [5.74, 6) is -1.23. The highest BCUT2D eigenvalue weighted by atomic mass is 35.5. The number of halogens is 5. The predicted octanol–water partition coefficient (Wildman–Crippen LogP) is 4.32. The zero-order chi connectivity index (χ0) is 31.8. The SMILES string of the molecule is CC(c1cnc(N2CC[C@H]2CN2C[C@@H](O)[C@H](F)C2)nc1)n1cc(NC(=O)c2cncc(-c3c(C(F)F)ccc(Cl)c3F)n2)cn1. The van der Waals surface area contributed by atoms with E-state index in [1.807, 2.05) is 11.8 Å². The summed E-state index contributed by atoms with van der Waals surface area (Å²) in [6.45, 7) is 3.83. The Balaban J connectivity index is 1.10. The van der Waals surface area contributed by atoms with Gasteiger partial charge < -0.3 is 15.3 Å². The zero-order valence-corrected chi connectivity index (χ0v) is 24.6. The lowest BCUT2D eigenvalue weighted by molar-refractivity contribution is 0.102. The molecule has 0 saturated carbocycles. The Kier molecular flexibility index (Phi) is 8.66. The van der Waals surface area contributed by atoms with Crippen molar-refractivity contribution in [2.45, 2.75) is 44.1 Å². The first-order chi connectivity index (χ1) is 21.6. The first-order valence-electron chi connectivity index (χ1n) is 14.2. The molecule has 11 nitrogen and oxygen atoms in total. The van der Waals surface area contributed by atoms with Crippen molar-refractivity contribution in [3.05, 3.63) is 77.0 Å². The van der Waals surface area contributed by atoms with Gasteiger partial charge in [-0.2, -0.15) is 5.10 Å². The number of anilines is 2. The topological polar surface area (TPSA) is 125 Å². The maximum absolute atomic E-state index is 14.7. The van der Waals surface area contributed by atoms with Crippen molar-refractivity contribution < 1.29 is 27.5 Å². The van der Waals surface area contributed by atoms with Crippen molar-refractivity contribution in [3.8, 4) is 11.3 Å². The zero-order valence-electron chi connectivity index (χ0n) is 23.9. The largest absolute Gasteiger partial charge is 0.389 e. The smallest absolute Gasteiger partial charge is 0.275 e. The van der Waals surface area contributed by atoms with E-state index >= 15 is 0 Å². The molecule has 0 spiro atoms. The van der Waals surface area contributed by atoms with Crippen LogP contribution in [-0.2, 0) is 0 Å². The lowest BCUT2D eigenvalue weighted by Crippen LogP contribution is -2.54. The van der Waals surface area contributed by atoms with Crippen LogP contribution in [0.3, 0.4) is 0 Å². The van der Waals surface area contributed by atoms with E-state index in [9.17, 15) is 27.5 Å². The minimum atomic E-state index is -3.00. The highest BCUT2D eigenvalue weighted by molar-refractivity contribution is 6.31. The van der Waals surface area contributed by atoms with E-state index in [1.54, 1.807) is 23.3 Å². The Labute approximate surface area is 259 Å². The van der Waals surface area contributed by atoms with Crippen LogP contribution >= 0.6 is 11.6 Å². The predicted molar refractivity (Wildman–Crippen MR) is 157 cm³/mol. The molecule has 5 heterocycles. The Morgan fingerprint density at radius 1 is 1.16 bits per heavy atom. The molecule has 4 aromatic rings. The fraction of sp³-hybridized carbons (Fsp3) is 0.379. The summed E-state index contributed by atoms with van der Waals surface area (Å²) in [7, 11) is 0. The van der Waals surface area contributed by atoms with Gasteiger partial charge in [-0.05, 0) is 19.4 Å². The monoisotopic (exact) mass is 645 g/mol. The number of hydrogen-bond acceptors (Lipinski definition) is 9. The minimum absolute atomic E-state index is 0.143. The molecule has 45 heavy (non-hydrogen) atoms. The van der Waals surface area contributed by atoms with Gasteiger partial charge in [0.05, 0.1) is 47.1 Å². The number of amides is 1. The van der Waals surface area contributed by atoms with Crippen molar-refractivity contribution in [3.63, 3.8) is 0 Å². The van der Waals surface area contributed by atoms with Crippen LogP contribution in [0.1, 0.15) is 47.4 Å². The number of nitrogens with zero attached hydrogens (tertiary/aromatic N) is 8. The second-order valence-electron chi connectivity index (χ2n) is 11.0. The van der Waals surface area contributed by atoms with Crippen LogP contribution in [0, 0.1) is 5.82 Å². The molecule has 2 N–H and O–H groups in total. The number of aromatic nitrogens is 6. The fourth-order valence-electron chi connectivity index (χ4n) is 5.42. The molecule has 1 unspecified atom stereocenters. The van der Waals surface area contributed by atoms with Crippen molar-refractivity contribution in [2.75, 3.05) is 36.4 Å². The summed E-state index contributed by atoms with van der Waals surface area (Å²) in [6.07, 6.45) is 4.37. The molecule has 1 aromatic carbocycles. The van der Waals surface area contributed by atoms with E-state index < -0.39 is 41.6 Å². The van der Waals surface area contributed by atoms with Crippen molar-refractivity contribution in [2.24, 2.45) is 0 Å². The maximum Gasteiger partial charge on any atom is 0.275 e. The number of rotatable bonds is 9. The summed E-state index contributed by atoms with van der Waals surface area (Å²) < 4.78 is 57.2. The average Bonchev–Trinajstić information content (AvgIpc) is 3.61. The third-order valence-corrected chi connectivity index (χ3v) is 8.34. The van der Waals surface area contributed by atoms with Gasteiger partial charge in [0.15, 0.2) is 5.82 Å². The van der Waals surface area contributed by atoms with E-state index in [2.05, 4.69) is 35.3 Å². The third-order valence-electron chi connectivity index (χ3n) is 8.05. The van der Waals surface area contributed by atoms with Gasteiger partial charge in [0.1, 0.15) is 11.9 Å². The Morgan fingerprint density at radius 2 is 1.93 bits per heavy atom. The molecule has 0 bridgehead atoms. The molecule has 0 aliphatic carbocycles. The number of carbonyl (C=O) groups is 1. The molecule has 2 saturated heterocycles. The second-order valence-corrected chi connectivity index (χ2v) is 11.4. The molecule has 2 fully saturated rings. The second kappa shape index (κ2) is 12.7.